The first-order valence-electron chi connectivity index (χ1n) is 6.30. The first kappa shape index (κ1) is 11.6. The van der Waals surface area contributed by atoms with Gasteiger partial charge in [-0.2, -0.15) is 0 Å². The van der Waals surface area contributed by atoms with E-state index in [1.165, 1.54) is 0 Å². The SMILES string of the molecule is O=C(CC1C=CCC1)N1CCC(CF)CC1. The van der Waals surface area contributed by atoms with Crippen LogP contribution in [-0.2, 0) is 4.79 Å². The van der Waals surface area contributed by atoms with Crippen molar-refractivity contribution in [2.45, 2.75) is 32.1 Å². The smallest absolute Gasteiger partial charge is 0.223 e. The lowest BCUT2D eigenvalue weighted by Crippen LogP contribution is -2.39. The lowest BCUT2D eigenvalue weighted by Gasteiger charge is -2.31. The van der Waals surface area contributed by atoms with Gasteiger partial charge in [0.05, 0.1) is 6.67 Å². The number of carbonyl (C=O) groups excluding carboxylic acids is 1. The van der Waals surface area contributed by atoms with Crippen molar-refractivity contribution in [3.63, 3.8) is 0 Å². The van der Waals surface area contributed by atoms with Gasteiger partial charge in [0, 0.05) is 19.5 Å². The number of amides is 1. The van der Waals surface area contributed by atoms with Crippen LogP contribution in [0.2, 0.25) is 0 Å². The summed E-state index contributed by atoms with van der Waals surface area (Å²) < 4.78 is 12.4. The highest BCUT2D eigenvalue weighted by atomic mass is 19.1. The molecule has 2 rings (SSSR count). The lowest BCUT2D eigenvalue weighted by atomic mass is 9.97. The Morgan fingerprint density at radius 3 is 2.62 bits per heavy atom. The summed E-state index contributed by atoms with van der Waals surface area (Å²) in [5, 5.41) is 0. The Hall–Kier alpha value is -0.860. The van der Waals surface area contributed by atoms with Crippen LogP contribution in [0.1, 0.15) is 32.1 Å². The van der Waals surface area contributed by atoms with E-state index < -0.39 is 0 Å². The summed E-state index contributed by atoms with van der Waals surface area (Å²) in [4.78, 5) is 13.9. The van der Waals surface area contributed by atoms with Crippen LogP contribution in [0, 0.1) is 11.8 Å². The lowest BCUT2D eigenvalue weighted by molar-refractivity contribution is -0.133. The number of allylic oxidation sites excluding steroid dienone is 2. The molecular formula is C13H20FNO. The van der Waals surface area contributed by atoms with Gasteiger partial charge in [0.1, 0.15) is 0 Å². The van der Waals surface area contributed by atoms with E-state index in [1.54, 1.807) is 0 Å². The summed E-state index contributed by atoms with van der Waals surface area (Å²) in [6.45, 7) is 1.28. The molecule has 1 unspecified atom stereocenters. The molecule has 1 saturated heterocycles. The number of hydrogen-bond donors (Lipinski definition) is 0. The first-order chi connectivity index (χ1) is 7.79. The van der Waals surface area contributed by atoms with Crippen molar-refractivity contribution in [3.05, 3.63) is 12.2 Å². The minimum Gasteiger partial charge on any atom is -0.343 e. The highest BCUT2D eigenvalue weighted by Gasteiger charge is 2.24. The predicted octanol–water partition coefficient (Wildman–Crippen LogP) is 2.55. The third kappa shape index (κ3) is 2.83. The Labute approximate surface area is 96.5 Å². The number of nitrogens with zero attached hydrogens (tertiary/aromatic N) is 1. The molecule has 1 atom stereocenters. The van der Waals surface area contributed by atoms with E-state index in [-0.39, 0.29) is 18.5 Å². The molecule has 1 fully saturated rings. The summed E-state index contributed by atoms with van der Waals surface area (Å²) in [6, 6.07) is 0. The highest BCUT2D eigenvalue weighted by molar-refractivity contribution is 5.76. The summed E-state index contributed by atoms with van der Waals surface area (Å²) in [7, 11) is 0. The zero-order chi connectivity index (χ0) is 11.4. The highest BCUT2D eigenvalue weighted by Crippen LogP contribution is 2.23. The van der Waals surface area contributed by atoms with E-state index in [9.17, 15) is 9.18 Å². The normalized spacial score (nSPS) is 26.3. The van der Waals surface area contributed by atoms with Gasteiger partial charge in [0.15, 0.2) is 0 Å². The second-order valence-corrected chi connectivity index (χ2v) is 4.95. The fourth-order valence-electron chi connectivity index (χ4n) is 2.56. The van der Waals surface area contributed by atoms with Crippen LogP contribution in [0.3, 0.4) is 0 Å². The van der Waals surface area contributed by atoms with Crippen molar-refractivity contribution in [1.29, 1.82) is 0 Å². The van der Waals surface area contributed by atoms with Gasteiger partial charge in [-0.25, -0.2) is 0 Å². The molecule has 1 aliphatic heterocycles. The quantitative estimate of drug-likeness (QED) is 0.676. The van der Waals surface area contributed by atoms with Crippen LogP contribution in [0.15, 0.2) is 12.2 Å². The molecule has 2 nitrogen and oxygen atoms in total. The van der Waals surface area contributed by atoms with Gasteiger partial charge in [0.2, 0.25) is 5.91 Å². The minimum absolute atomic E-state index is 0.190. The largest absolute Gasteiger partial charge is 0.343 e. The van der Waals surface area contributed by atoms with Gasteiger partial charge in [-0.3, -0.25) is 9.18 Å². The van der Waals surface area contributed by atoms with E-state index in [4.69, 9.17) is 0 Å². The van der Waals surface area contributed by atoms with Crippen molar-refractivity contribution >= 4 is 5.91 Å². The minimum atomic E-state index is -0.229. The average Bonchev–Trinajstić information content (AvgIpc) is 2.82. The second-order valence-electron chi connectivity index (χ2n) is 4.95. The van der Waals surface area contributed by atoms with Crippen LogP contribution in [0.5, 0.6) is 0 Å². The van der Waals surface area contributed by atoms with E-state index in [0.29, 0.717) is 12.3 Å². The van der Waals surface area contributed by atoms with E-state index in [0.717, 1.165) is 38.8 Å². The molecule has 1 amide bonds. The fraction of sp³-hybridized carbons (Fsp3) is 0.769. The van der Waals surface area contributed by atoms with Crippen molar-refractivity contribution in [3.8, 4) is 0 Å². The molecule has 90 valence electrons. The second kappa shape index (κ2) is 5.46. The molecule has 0 aromatic carbocycles. The third-order valence-corrected chi connectivity index (χ3v) is 3.73. The van der Waals surface area contributed by atoms with Crippen molar-refractivity contribution in [2.75, 3.05) is 19.8 Å². The molecule has 0 radical (unpaired) electrons. The Morgan fingerprint density at radius 2 is 2.06 bits per heavy atom. The van der Waals surface area contributed by atoms with Crippen molar-refractivity contribution < 1.29 is 9.18 Å². The summed E-state index contributed by atoms with van der Waals surface area (Å²) in [5.41, 5.74) is 0. The zero-order valence-electron chi connectivity index (χ0n) is 9.70. The van der Waals surface area contributed by atoms with Crippen LogP contribution in [-0.4, -0.2) is 30.6 Å². The molecule has 0 N–H and O–H groups in total. The molecule has 0 spiro atoms. The Morgan fingerprint density at radius 1 is 1.31 bits per heavy atom. The topological polar surface area (TPSA) is 20.3 Å². The Bertz CT molecular complexity index is 269. The molecule has 3 heteroatoms. The number of rotatable bonds is 3. The molecule has 1 aliphatic carbocycles. The molecule has 1 heterocycles. The number of carbonyl (C=O) groups is 1. The number of alkyl halides is 1. The van der Waals surface area contributed by atoms with E-state index in [1.807, 2.05) is 4.90 Å². The van der Waals surface area contributed by atoms with E-state index in [2.05, 4.69) is 12.2 Å². The molecule has 16 heavy (non-hydrogen) atoms. The average molecular weight is 225 g/mol. The zero-order valence-corrected chi connectivity index (χ0v) is 9.70. The van der Waals surface area contributed by atoms with Crippen molar-refractivity contribution in [1.82, 2.24) is 4.90 Å². The van der Waals surface area contributed by atoms with Gasteiger partial charge in [-0.05, 0) is 37.5 Å². The van der Waals surface area contributed by atoms with Crippen LogP contribution < -0.4 is 0 Å². The van der Waals surface area contributed by atoms with Crippen LogP contribution in [0.25, 0.3) is 0 Å². The van der Waals surface area contributed by atoms with Gasteiger partial charge >= 0.3 is 0 Å². The fourth-order valence-corrected chi connectivity index (χ4v) is 2.56. The molecular weight excluding hydrogens is 205 g/mol. The molecule has 0 aromatic rings. The van der Waals surface area contributed by atoms with Gasteiger partial charge < -0.3 is 4.90 Å². The molecule has 0 bridgehead atoms. The van der Waals surface area contributed by atoms with Gasteiger partial charge in [-0.1, -0.05) is 12.2 Å². The molecule has 0 saturated carbocycles. The number of hydrogen-bond acceptors (Lipinski definition) is 1. The molecule has 2 aliphatic rings. The van der Waals surface area contributed by atoms with Crippen LogP contribution in [0.4, 0.5) is 4.39 Å². The maximum atomic E-state index is 12.4. The van der Waals surface area contributed by atoms with Crippen molar-refractivity contribution in [2.24, 2.45) is 11.8 Å². The maximum absolute atomic E-state index is 12.4. The standard InChI is InChI=1S/C13H20FNO/c14-10-12-5-7-15(8-6-12)13(16)9-11-3-1-2-4-11/h1,3,11-12H,2,4-10H2. The number of halogens is 1. The Balaban J connectivity index is 1.75. The van der Waals surface area contributed by atoms with Gasteiger partial charge in [-0.15, -0.1) is 0 Å². The maximum Gasteiger partial charge on any atom is 0.223 e. The van der Waals surface area contributed by atoms with E-state index >= 15 is 0 Å². The third-order valence-electron chi connectivity index (χ3n) is 3.73. The number of likely N-dealkylation sites (tertiary alicyclic amines) is 1. The number of piperidine rings is 1. The predicted molar refractivity (Wildman–Crippen MR) is 61.8 cm³/mol. The monoisotopic (exact) mass is 225 g/mol. The summed E-state index contributed by atoms with van der Waals surface area (Å²) >= 11 is 0. The van der Waals surface area contributed by atoms with Crippen LogP contribution >= 0.6 is 0 Å². The summed E-state index contributed by atoms with van der Waals surface area (Å²) in [6.07, 6.45) is 8.87. The van der Waals surface area contributed by atoms with Gasteiger partial charge in [0.25, 0.3) is 0 Å². The summed E-state index contributed by atoms with van der Waals surface area (Å²) in [5.74, 6) is 0.899. The first-order valence-corrected chi connectivity index (χ1v) is 6.30. The Kier molecular flexibility index (Phi) is 3.97. The molecule has 0 aromatic heterocycles.